The maximum atomic E-state index is 9.08. The van der Waals surface area contributed by atoms with Gasteiger partial charge in [-0.1, -0.05) is 11.6 Å². The van der Waals surface area contributed by atoms with Crippen molar-refractivity contribution in [3.63, 3.8) is 0 Å². The first kappa shape index (κ1) is 9.02. The molecule has 2 rings (SSSR count). The van der Waals surface area contributed by atoms with E-state index < -0.39 is 0 Å². The molecule has 0 atom stereocenters. The highest BCUT2D eigenvalue weighted by atomic mass is 35.5. The second kappa shape index (κ2) is 3.31. The maximum Gasteiger partial charge on any atom is 0.333 e. The molecule has 1 N–H and O–H groups in total. The van der Waals surface area contributed by atoms with Crippen molar-refractivity contribution in [2.24, 2.45) is 0 Å². The molecule has 0 fully saturated rings. The summed E-state index contributed by atoms with van der Waals surface area (Å²) in [6, 6.07) is 6.91. The number of nitrogens with zero attached hydrogens (tertiary/aromatic N) is 3. The molecule has 0 aliphatic carbocycles. The van der Waals surface area contributed by atoms with Crippen LogP contribution >= 0.6 is 11.6 Å². The Kier molecular flexibility index (Phi) is 2.13. The minimum absolute atomic E-state index is 0.225. The topological polar surface area (TPSA) is 50.9 Å². The summed E-state index contributed by atoms with van der Waals surface area (Å²) in [5, 5.41) is 13.6. The molecule has 4 nitrogen and oxygen atoms in total. The molecule has 0 aliphatic rings. The molecule has 1 aromatic heterocycles. The van der Waals surface area contributed by atoms with Crippen LogP contribution in [0.1, 0.15) is 5.82 Å². The van der Waals surface area contributed by atoms with Gasteiger partial charge in [0.2, 0.25) is 0 Å². The molecule has 1 heterocycles. The molecule has 0 radical (unpaired) electrons. The molecule has 14 heavy (non-hydrogen) atoms. The normalized spacial score (nSPS) is 10.4. The Balaban J connectivity index is 2.49. The summed E-state index contributed by atoms with van der Waals surface area (Å²) in [6.45, 7) is 1.77. The Hall–Kier alpha value is -1.55. The zero-order valence-corrected chi connectivity index (χ0v) is 8.23. The van der Waals surface area contributed by atoms with Gasteiger partial charge in [0.25, 0.3) is 0 Å². The van der Waals surface area contributed by atoms with E-state index in [2.05, 4.69) is 10.1 Å². The summed E-state index contributed by atoms with van der Waals surface area (Å²) in [5.74, 6) is 0.629. The predicted molar refractivity (Wildman–Crippen MR) is 52.8 cm³/mol. The van der Waals surface area contributed by atoms with Crippen LogP contribution in [0.3, 0.4) is 0 Å². The van der Waals surface area contributed by atoms with Gasteiger partial charge in [0, 0.05) is 5.02 Å². The second-order valence-electron chi connectivity index (χ2n) is 2.85. The standard InChI is InChI=1S/C9H8ClN3O/c1-6-11-9(14)12-13(6)8-4-2-7(10)3-5-8/h2-5H,1H3,(H,12,14). The average Bonchev–Trinajstić information content (AvgIpc) is 2.47. The lowest BCUT2D eigenvalue weighted by Crippen LogP contribution is -1.98. The number of hydrogen-bond acceptors (Lipinski definition) is 3. The summed E-state index contributed by atoms with van der Waals surface area (Å²) in [6.07, 6.45) is 0. The fraction of sp³-hybridized carbons (Fsp3) is 0.111. The number of hydrogen-bond donors (Lipinski definition) is 1. The number of aromatic hydroxyl groups is 1. The van der Waals surface area contributed by atoms with Gasteiger partial charge >= 0.3 is 6.01 Å². The zero-order valence-electron chi connectivity index (χ0n) is 7.48. The highest BCUT2D eigenvalue weighted by molar-refractivity contribution is 6.30. The van der Waals surface area contributed by atoms with E-state index in [0.29, 0.717) is 10.8 Å². The van der Waals surface area contributed by atoms with Crippen molar-refractivity contribution in [3.05, 3.63) is 35.1 Å². The monoisotopic (exact) mass is 209 g/mol. The van der Waals surface area contributed by atoms with Gasteiger partial charge in [-0.3, -0.25) is 0 Å². The largest absolute Gasteiger partial charge is 0.478 e. The molecule has 0 spiro atoms. The number of aromatic nitrogens is 3. The van der Waals surface area contributed by atoms with Crippen LogP contribution in [-0.2, 0) is 0 Å². The third-order valence-corrected chi connectivity index (χ3v) is 2.08. The smallest absolute Gasteiger partial charge is 0.333 e. The van der Waals surface area contributed by atoms with Crippen LogP contribution in [-0.4, -0.2) is 19.9 Å². The molecule has 0 bridgehead atoms. The molecule has 5 heteroatoms. The van der Waals surface area contributed by atoms with E-state index in [-0.39, 0.29) is 6.01 Å². The maximum absolute atomic E-state index is 9.08. The van der Waals surface area contributed by atoms with Gasteiger partial charge in [-0.2, -0.15) is 4.98 Å². The third kappa shape index (κ3) is 1.56. The molecule has 2 aromatic rings. The van der Waals surface area contributed by atoms with E-state index >= 15 is 0 Å². The van der Waals surface area contributed by atoms with Crippen LogP contribution in [0.4, 0.5) is 0 Å². The zero-order chi connectivity index (χ0) is 10.1. The molecular formula is C9H8ClN3O. The highest BCUT2D eigenvalue weighted by Gasteiger charge is 2.05. The summed E-state index contributed by atoms with van der Waals surface area (Å²) in [4.78, 5) is 3.78. The Bertz CT molecular complexity index is 450. The quantitative estimate of drug-likeness (QED) is 0.781. The van der Waals surface area contributed by atoms with E-state index in [0.717, 1.165) is 5.69 Å². The van der Waals surface area contributed by atoms with Crippen molar-refractivity contribution in [1.82, 2.24) is 14.8 Å². The first-order valence-electron chi connectivity index (χ1n) is 4.05. The molecule has 0 amide bonds. The minimum atomic E-state index is -0.225. The van der Waals surface area contributed by atoms with E-state index in [9.17, 15) is 0 Å². The summed E-state index contributed by atoms with van der Waals surface area (Å²) >= 11 is 5.75. The van der Waals surface area contributed by atoms with Crippen molar-refractivity contribution in [2.75, 3.05) is 0 Å². The van der Waals surface area contributed by atoms with Gasteiger partial charge in [0.1, 0.15) is 5.82 Å². The fourth-order valence-corrected chi connectivity index (χ4v) is 1.33. The lowest BCUT2D eigenvalue weighted by Gasteiger charge is -2.01. The van der Waals surface area contributed by atoms with Crippen LogP contribution in [0, 0.1) is 6.92 Å². The Morgan fingerprint density at radius 2 is 1.93 bits per heavy atom. The van der Waals surface area contributed by atoms with Crippen LogP contribution in [0.25, 0.3) is 5.69 Å². The number of rotatable bonds is 1. The van der Waals surface area contributed by atoms with E-state index in [1.165, 1.54) is 0 Å². The van der Waals surface area contributed by atoms with Gasteiger partial charge in [-0.25, -0.2) is 4.68 Å². The lowest BCUT2D eigenvalue weighted by atomic mass is 10.3. The average molecular weight is 210 g/mol. The first-order chi connectivity index (χ1) is 6.66. The summed E-state index contributed by atoms with van der Waals surface area (Å²) in [7, 11) is 0. The lowest BCUT2D eigenvalue weighted by molar-refractivity contribution is 0.430. The van der Waals surface area contributed by atoms with Gasteiger partial charge in [-0.05, 0) is 31.2 Å². The molecule has 1 aromatic carbocycles. The van der Waals surface area contributed by atoms with E-state index in [4.69, 9.17) is 16.7 Å². The number of halogens is 1. The third-order valence-electron chi connectivity index (χ3n) is 1.83. The SMILES string of the molecule is Cc1nc(O)nn1-c1ccc(Cl)cc1. The van der Waals surface area contributed by atoms with E-state index in [1.807, 2.05) is 12.1 Å². The summed E-state index contributed by atoms with van der Waals surface area (Å²) < 4.78 is 1.55. The van der Waals surface area contributed by atoms with Crippen LogP contribution in [0.15, 0.2) is 24.3 Å². The van der Waals surface area contributed by atoms with Crippen molar-refractivity contribution in [2.45, 2.75) is 6.92 Å². The summed E-state index contributed by atoms with van der Waals surface area (Å²) in [5.41, 5.74) is 0.819. The molecular weight excluding hydrogens is 202 g/mol. The van der Waals surface area contributed by atoms with Gasteiger partial charge < -0.3 is 5.11 Å². The van der Waals surface area contributed by atoms with Gasteiger partial charge in [0.15, 0.2) is 0 Å². The van der Waals surface area contributed by atoms with Crippen molar-refractivity contribution < 1.29 is 5.11 Å². The fourth-order valence-electron chi connectivity index (χ4n) is 1.20. The van der Waals surface area contributed by atoms with Crippen molar-refractivity contribution >= 4 is 11.6 Å². The van der Waals surface area contributed by atoms with Crippen molar-refractivity contribution in [3.8, 4) is 11.7 Å². The molecule has 0 unspecified atom stereocenters. The van der Waals surface area contributed by atoms with Crippen molar-refractivity contribution in [1.29, 1.82) is 0 Å². The Morgan fingerprint density at radius 1 is 1.29 bits per heavy atom. The minimum Gasteiger partial charge on any atom is -0.478 e. The molecule has 0 aliphatic heterocycles. The first-order valence-corrected chi connectivity index (χ1v) is 4.43. The number of benzene rings is 1. The highest BCUT2D eigenvalue weighted by Crippen LogP contribution is 2.15. The molecule has 0 saturated heterocycles. The molecule has 72 valence electrons. The van der Waals surface area contributed by atoms with Crippen LogP contribution < -0.4 is 0 Å². The molecule has 0 saturated carbocycles. The number of aryl methyl sites for hydroxylation is 1. The van der Waals surface area contributed by atoms with Gasteiger partial charge in [0.05, 0.1) is 5.69 Å². The predicted octanol–water partition coefficient (Wildman–Crippen LogP) is 1.93. The Morgan fingerprint density at radius 3 is 2.43 bits per heavy atom. The van der Waals surface area contributed by atoms with Crippen LogP contribution in [0.2, 0.25) is 5.02 Å². The van der Waals surface area contributed by atoms with Gasteiger partial charge in [-0.15, -0.1) is 5.10 Å². The van der Waals surface area contributed by atoms with E-state index in [1.54, 1.807) is 23.7 Å². The second-order valence-corrected chi connectivity index (χ2v) is 3.28. The van der Waals surface area contributed by atoms with Crippen LogP contribution in [0.5, 0.6) is 6.01 Å². The Labute approximate surface area is 85.8 Å².